The van der Waals surface area contributed by atoms with Gasteiger partial charge in [-0.1, -0.05) is 46.3 Å². The van der Waals surface area contributed by atoms with Crippen LogP contribution in [0.3, 0.4) is 0 Å². The van der Waals surface area contributed by atoms with Crippen molar-refractivity contribution in [3.8, 4) is 11.5 Å². The fraction of sp³-hybridized carbons (Fsp3) is 0.222. The molecule has 0 atom stereocenters. The molecule has 0 fully saturated rings. The van der Waals surface area contributed by atoms with Gasteiger partial charge in [-0.2, -0.15) is 0 Å². The van der Waals surface area contributed by atoms with Crippen molar-refractivity contribution in [3.63, 3.8) is 0 Å². The molecule has 7 nitrogen and oxygen atoms in total. The highest BCUT2D eigenvalue weighted by molar-refractivity contribution is 9.10. The molecule has 2 rings (SSSR count). The third-order valence-corrected chi connectivity index (χ3v) is 4.03. The topological polar surface area (TPSA) is 105 Å². The predicted octanol–water partition coefficient (Wildman–Crippen LogP) is 2.91. The number of benzene rings is 2. The highest BCUT2D eigenvalue weighted by atomic mass is 79.9. The van der Waals surface area contributed by atoms with Gasteiger partial charge in [-0.15, -0.1) is 0 Å². The van der Waals surface area contributed by atoms with Crippen molar-refractivity contribution >= 4 is 27.9 Å². The molecule has 0 heterocycles. The summed E-state index contributed by atoms with van der Waals surface area (Å²) in [6.07, 6.45) is 0. The third-order valence-electron chi connectivity index (χ3n) is 3.26. The number of carbonyl (C=O) groups is 2. The van der Waals surface area contributed by atoms with E-state index < -0.39 is 11.9 Å². The Kier molecular flexibility index (Phi) is 9.18. The van der Waals surface area contributed by atoms with Crippen molar-refractivity contribution in [3.05, 3.63) is 58.1 Å². The van der Waals surface area contributed by atoms with Gasteiger partial charge < -0.3 is 25.0 Å². The molecule has 0 radical (unpaired) electrons. The van der Waals surface area contributed by atoms with Crippen molar-refractivity contribution in [2.75, 3.05) is 14.2 Å². The van der Waals surface area contributed by atoms with Gasteiger partial charge in [0.1, 0.15) is 0 Å². The number of aliphatic carboxylic acids is 2. The first kappa shape index (κ1) is 21.5. The van der Waals surface area contributed by atoms with E-state index in [-0.39, 0.29) is 0 Å². The lowest BCUT2D eigenvalue weighted by Gasteiger charge is -2.13. The van der Waals surface area contributed by atoms with Crippen molar-refractivity contribution < 1.29 is 29.3 Å². The Hall–Kier alpha value is -2.58. The average molecular weight is 426 g/mol. The number of rotatable bonds is 6. The zero-order valence-electron chi connectivity index (χ0n) is 14.4. The van der Waals surface area contributed by atoms with E-state index in [1.807, 2.05) is 36.4 Å². The van der Waals surface area contributed by atoms with E-state index in [4.69, 9.17) is 29.3 Å². The van der Waals surface area contributed by atoms with Crippen LogP contribution in [-0.4, -0.2) is 36.4 Å². The van der Waals surface area contributed by atoms with E-state index in [1.165, 1.54) is 5.56 Å². The molecule has 0 aromatic heterocycles. The Morgan fingerprint density at radius 1 is 0.923 bits per heavy atom. The first-order valence-corrected chi connectivity index (χ1v) is 8.30. The summed E-state index contributed by atoms with van der Waals surface area (Å²) in [5.41, 5.74) is 2.31. The molecule has 0 aliphatic rings. The van der Waals surface area contributed by atoms with Crippen LogP contribution in [0.25, 0.3) is 0 Å². The van der Waals surface area contributed by atoms with Gasteiger partial charge in [-0.3, -0.25) is 0 Å². The standard InChI is InChI=1S/C16H18BrNO2.C2H2O4/c1-19-15-9-5-7-13(16(15)20-2)11-18-10-12-6-3-4-8-14(12)17;3-1(4)2(5)6/h3-9,18H,10-11H2,1-2H3;(H,3,4)(H,5,6). The molecule has 8 heteroatoms. The summed E-state index contributed by atoms with van der Waals surface area (Å²) in [6.45, 7) is 1.52. The minimum atomic E-state index is -1.82. The number of carboxylic acid groups (broad SMARTS) is 2. The molecule has 0 aliphatic carbocycles. The Labute approximate surface area is 159 Å². The molecule has 26 heavy (non-hydrogen) atoms. The highest BCUT2D eigenvalue weighted by Gasteiger charge is 2.09. The SMILES string of the molecule is COc1cccc(CNCc2ccccc2Br)c1OC.O=C(O)C(=O)O. The van der Waals surface area contributed by atoms with Crippen LogP contribution in [0.15, 0.2) is 46.9 Å². The van der Waals surface area contributed by atoms with Crippen molar-refractivity contribution in [1.82, 2.24) is 5.32 Å². The third kappa shape index (κ3) is 6.73. The number of nitrogens with one attached hydrogen (secondary N) is 1. The molecule has 140 valence electrons. The zero-order chi connectivity index (χ0) is 19.5. The summed E-state index contributed by atoms with van der Waals surface area (Å²) >= 11 is 3.55. The first-order valence-electron chi connectivity index (χ1n) is 7.50. The van der Waals surface area contributed by atoms with Gasteiger partial charge in [0.15, 0.2) is 11.5 Å². The van der Waals surface area contributed by atoms with Crippen LogP contribution in [0.2, 0.25) is 0 Å². The van der Waals surface area contributed by atoms with Gasteiger partial charge in [-0.05, 0) is 17.7 Å². The molecule has 0 aliphatic heterocycles. The molecular formula is C18H20BrNO6. The number of halogens is 1. The van der Waals surface area contributed by atoms with Gasteiger partial charge in [0.05, 0.1) is 14.2 Å². The van der Waals surface area contributed by atoms with Crippen LogP contribution >= 0.6 is 15.9 Å². The second-order valence-corrected chi connectivity index (χ2v) is 5.81. The van der Waals surface area contributed by atoms with E-state index in [0.29, 0.717) is 0 Å². The minimum Gasteiger partial charge on any atom is -0.493 e. The number of hydrogen-bond donors (Lipinski definition) is 3. The molecule has 0 spiro atoms. The maximum absolute atomic E-state index is 9.10. The predicted molar refractivity (Wildman–Crippen MR) is 99.5 cm³/mol. The highest BCUT2D eigenvalue weighted by Crippen LogP contribution is 2.30. The van der Waals surface area contributed by atoms with Crippen molar-refractivity contribution in [1.29, 1.82) is 0 Å². The lowest BCUT2D eigenvalue weighted by Crippen LogP contribution is -2.14. The molecule has 0 amide bonds. The molecule has 0 bridgehead atoms. The fourth-order valence-corrected chi connectivity index (χ4v) is 2.49. The average Bonchev–Trinajstić information content (AvgIpc) is 2.63. The fourth-order valence-electron chi connectivity index (χ4n) is 2.07. The summed E-state index contributed by atoms with van der Waals surface area (Å²) in [4.78, 5) is 18.2. The molecule has 3 N–H and O–H groups in total. The number of hydrogen-bond acceptors (Lipinski definition) is 5. The molecule has 0 saturated carbocycles. The summed E-state index contributed by atoms with van der Waals surface area (Å²) in [6, 6.07) is 14.1. The maximum Gasteiger partial charge on any atom is 0.414 e. The number of ether oxygens (including phenoxy) is 2. The van der Waals surface area contributed by atoms with Crippen molar-refractivity contribution in [2.45, 2.75) is 13.1 Å². The number of para-hydroxylation sites is 1. The normalized spacial score (nSPS) is 9.65. The van der Waals surface area contributed by atoms with E-state index in [1.54, 1.807) is 14.2 Å². The minimum absolute atomic E-state index is 0.724. The van der Waals surface area contributed by atoms with Gasteiger partial charge in [0, 0.05) is 23.1 Å². The summed E-state index contributed by atoms with van der Waals surface area (Å²) in [7, 11) is 3.31. The quantitative estimate of drug-likeness (QED) is 0.610. The van der Waals surface area contributed by atoms with E-state index in [0.717, 1.165) is 34.6 Å². The van der Waals surface area contributed by atoms with Crippen molar-refractivity contribution in [2.24, 2.45) is 0 Å². The zero-order valence-corrected chi connectivity index (χ0v) is 15.9. The Morgan fingerprint density at radius 2 is 1.50 bits per heavy atom. The summed E-state index contributed by atoms with van der Waals surface area (Å²) in [5.74, 6) is -2.10. The summed E-state index contributed by atoms with van der Waals surface area (Å²) < 4.78 is 11.8. The lowest BCUT2D eigenvalue weighted by atomic mass is 10.1. The second-order valence-electron chi connectivity index (χ2n) is 4.96. The van der Waals surface area contributed by atoms with Crippen LogP contribution in [0.1, 0.15) is 11.1 Å². The Morgan fingerprint density at radius 3 is 2.04 bits per heavy atom. The van der Waals surface area contributed by atoms with Crippen LogP contribution in [0.5, 0.6) is 11.5 Å². The van der Waals surface area contributed by atoms with Gasteiger partial charge in [0.2, 0.25) is 0 Å². The molecule has 2 aromatic rings. The number of carboxylic acids is 2. The second kappa shape index (κ2) is 11.1. The van der Waals surface area contributed by atoms with Crippen LogP contribution in [-0.2, 0) is 22.7 Å². The number of methoxy groups -OCH3 is 2. The van der Waals surface area contributed by atoms with Gasteiger partial charge in [0.25, 0.3) is 0 Å². The smallest absolute Gasteiger partial charge is 0.414 e. The van der Waals surface area contributed by atoms with Crippen LogP contribution < -0.4 is 14.8 Å². The monoisotopic (exact) mass is 425 g/mol. The van der Waals surface area contributed by atoms with E-state index in [9.17, 15) is 0 Å². The van der Waals surface area contributed by atoms with Crippen LogP contribution in [0.4, 0.5) is 0 Å². The molecular weight excluding hydrogens is 406 g/mol. The molecule has 0 saturated heterocycles. The van der Waals surface area contributed by atoms with E-state index >= 15 is 0 Å². The largest absolute Gasteiger partial charge is 0.493 e. The maximum atomic E-state index is 9.10. The lowest BCUT2D eigenvalue weighted by molar-refractivity contribution is -0.159. The van der Waals surface area contributed by atoms with E-state index in [2.05, 4.69) is 27.3 Å². The van der Waals surface area contributed by atoms with Gasteiger partial charge in [-0.25, -0.2) is 9.59 Å². The van der Waals surface area contributed by atoms with Crippen LogP contribution in [0, 0.1) is 0 Å². The first-order chi connectivity index (χ1) is 12.4. The Bertz CT molecular complexity index is 738. The van der Waals surface area contributed by atoms with Gasteiger partial charge >= 0.3 is 11.9 Å². The Balaban J connectivity index is 0.000000487. The molecule has 0 unspecified atom stereocenters. The summed E-state index contributed by atoms with van der Waals surface area (Å²) in [5, 5.41) is 18.2. The molecule has 2 aromatic carbocycles.